The molecule has 0 unspecified atom stereocenters. The van der Waals surface area contributed by atoms with Crippen LogP contribution in [0.5, 0.6) is 0 Å². The third kappa shape index (κ3) is 4.63. The first-order valence-electron chi connectivity index (χ1n) is 9.91. The predicted molar refractivity (Wildman–Crippen MR) is 105 cm³/mol. The minimum absolute atomic E-state index is 0.252. The van der Waals surface area contributed by atoms with Crippen LogP contribution in [0, 0.1) is 5.41 Å². The van der Waals surface area contributed by atoms with Crippen LogP contribution in [0.4, 0.5) is 5.82 Å². The Morgan fingerprint density at radius 3 is 2.73 bits per heavy atom. The molecule has 1 aromatic heterocycles. The van der Waals surface area contributed by atoms with E-state index >= 15 is 0 Å². The van der Waals surface area contributed by atoms with Crippen LogP contribution < -0.4 is 4.90 Å². The molecule has 0 aliphatic carbocycles. The summed E-state index contributed by atoms with van der Waals surface area (Å²) in [6, 6.07) is 0.374. The number of carbonyl (C=O) groups is 1. The number of nitrogens with zero attached hydrogens (tertiary/aromatic N) is 4. The van der Waals surface area contributed by atoms with Gasteiger partial charge in [0.2, 0.25) is 5.91 Å². The maximum Gasteiger partial charge on any atom is 0.222 e. The van der Waals surface area contributed by atoms with Crippen molar-refractivity contribution in [1.82, 2.24) is 14.9 Å². The molecule has 3 rings (SSSR count). The van der Waals surface area contributed by atoms with Gasteiger partial charge >= 0.3 is 0 Å². The Hall–Kier alpha value is -1.91. The van der Waals surface area contributed by atoms with E-state index in [-0.39, 0.29) is 5.41 Å². The highest BCUT2D eigenvalue weighted by Gasteiger charge is 2.38. The highest BCUT2D eigenvalue weighted by atomic mass is 16.2. The van der Waals surface area contributed by atoms with E-state index in [0.29, 0.717) is 18.4 Å². The van der Waals surface area contributed by atoms with E-state index in [0.717, 1.165) is 51.1 Å². The summed E-state index contributed by atoms with van der Waals surface area (Å²) in [7, 11) is 0. The van der Waals surface area contributed by atoms with Crippen LogP contribution in [-0.4, -0.2) is 46.5 Å². The van der Waals surface area contributed by atoms with E-state index in [9.17, 15) is 4.79 Å². The first-order valence-corrected chi connectivity index (χ1v) is 9.91. The number of hydrogen-bond acceptors (Lipinski definition) is 4. The highest BCUT2D eigenvalue weighted by molar-refractivity contribution is 5.77. The summed E-state index contributed by atoms with van der Waals surface area (Å²) >= 11 is 0. The van der Waals surface area contributed by atoms with Gasteiger partial charge in [0.05, 0.1) is 6.20 Å². The van der Waals surface area contributed by atoms with Gasteiger partial charge in [-0.15, -0.1) is 0 Å². The molecular weight excluding hydrogens is 324 g/mol. The number of carbonyl (C=O) groups excluding carboxylic acids is 1. The number of aromatic nitrogens is 2. The molecule has 2 fully saturated rings. The first kappa shape index (κ1) is 18.9. The Morgan fingerprint density at radius 2 is 2.08 bits per heavy atom. The summed E-state index contributed by atoms with van der Waals surface area (Å²) < 4.78 is 0. The molecule has 0 saturated carbocycles. The minimum atomic E-state index is 0.252. The Morgan fingerprint density at radius 1 is 1.31 bits per heavy atom. The van der Waals surface area contributed by atoms with E-state index in [4.69, 9.17) is 0 Å². The summed E-state index contributed by atoms with van der Waals surface area (Å²) in [6.45, 7) is 9.48. The third-order valence-corrected chi connectivity index (χ3v) is 5.89. The number of piperidine rings is 2. The van der Waals surface area contributed by atoms with Crippen LogP contribution in [0.15, 0.2) is 30.2 Å². The fourth-order valence-electron chi connectivity index (χ4n) is 4.24. The second-order valence-corrected chi connectivity index (χ2v) is 8.43. The lowest BCUT2D eigenvalue weighted by molar-refractivity contribution is -0.140. The SMILES string of the molecule is CC(C)=CCC[C@]1(C)CCC(=O)N(C2CCN(c3cnccn3)CC2)C1. The Kier molecular flexibility index (Phi) is 5.94. The van der Waals surface area contributed by atoms with Crippen molar-refractivity contribution in [2.75, 3.05) is 24.5 Å². The first-order chi connectivity index (χ1) is 12.5. The summed E-state index contributed by atoms with van der Waals surface area (Å²) in [6.07, 6.45) is 13.7. The van der Waals surface area contributed by atoms with E-state index in [1.165, 1.54) is 12.0 Å². The highest BCUT2D eigenvalue weighted by Crippen LogP contribution is 2.37. The van der Waals surface area contributed by atoms with Crippen molar-refractivity contribution < 1.29 is 4.79 Å². The lowest BCUT2D eigenvalue weighted by atomic mass is 9.77. The van der Waals surface area contributed by atoms with Gasteiger partial charge in [0.15, 0.2) is 0 Å². The molecule has 1 amide bonds. The normalized spacial score (nSPS) is 24.7. The molecule has 0 bridgehead atoms. The van der Waals surface area contributed by atoms with Crippen molar-refractivity contribution >= 4 is 11.7 Å². The summed E-state index contributed by atoms with van der Waals surface area (Å²) in [4.78, 5) is 25.6. The molecule has 26 heavy (non-hydrogen) atoms. The van der Waals surface area contributed by atoms with E-state index in [2.05, 4.69) is 46.6 Å². The number of amides is 1. The van der Waals surface area contributed by atoms with Gasteiger partial charge in [0, 0.05) is 44.5 Å². The average Bonchev–Trinajstić information content (AvgIpc) is 2.65. The number of anilines is 1. The van der Waals surface area contributed by atoms with Crippen LogP contribution in [0.1, 0.15) is 59.3 Å². The van der Waals surface area contributed by atoms with Gasteiger partial charge in [0.25, 0.3) is 0 Å². The molecule has 3 heterocycles. The van der Waals surface area contributed by atoms with Crippen LogP contribution in [-0.2, 0) is 4.79 Å². The summed E-state index contributed by atoms with van der Waals surface area (Å²) in [5, 5.41) is 0. The lowest BCUT2D eigenvalue weighted by Crippen LogP contribution is -2.53. The van der Waals surface area contributed by atoms with Gasteiger partial charge in [0.1, 0.15) is 5.82 Å². The minimum Gasteiger partial charge on any atom is -0.355 e. The van der Waals surface area contributed by atoms with Gasteiger partial charge in [-0.2, -0.15) is 0 Å². The second kappa shape index (κ2) is 8.19. The van der Waals surface area contributed by atoms with Crippen LogP contribution in [0.2, 0.25) is 0 Å². The largest absolute Gasteiger partial charge is 0.355 e. The van der Waals surface area contributed by atoms with Gasteiger partial charge < -0.3 is 9.80 Å². The number of rotatable bonds is 5. The monoisotopic (exact) mass is 356 g/mol. The van der Waals surface area contributed by atoms with Gasteiger partial charge in [-0.1, -0.05) is 18.6 Å². The molecule has 0 radical (unpaired) electrons. The molecule has 2 aliphatic rings. The molecule has 2 aliphatic heterocycles. The van der Waals surface area contributed by atoms with Crippen molar-refractivity contribution in [2.45, 2.75) is 65.3 Å². The quantitative estimate of drug-likeness (QED) is 0.753. The number of likely N-dealkylation sites (tertiary alicyclic amines) is 1. The Balaban J connectivity index is 1.58. The lowest BCUT2D eigenvalue weighted by Gasteiger charge is -2.46. The van der Waals surface area contributed by atoms with Crippen molar-refractivity contribution in [2.24, 2.45) is 5.41 Å². The zero-order chi connectivity index (χ0) is 18.6. The average molecular weight is 357 g/mol. The van der Waals surface area contributed by atoms with E-state index in [1.54, 1.807) is 12.4 Å². The van der Waals surface area contributed by atoms with Crippen LogP contribution >= 0.6 is 0 Å². The molecule has 0 spiro atoms. The maximum atomic E-state index is 12.6. The number of hydrogen-bond donors (Lipinski definition) is 0. The van der Waals surface area contributed by atoms with Gasteiger partial charge in [-0.05, 0) is 51.4 Å². The van der Waals surface area contributed by atoms with Gasteiger partial charge in [-0.25, -0.2) is 4.98 Å². The van der Waals surface area contributed by atoms with Crippen LogP contribution in [0.25, 0.3) is 0 Å². The van der Waals surface area contributed by atoms with E-state index < -0.39 is 0 Å². The van der Waals surface area contributed by atoms with Crippen molar-refractivity contribution in [3.63, 3.8) is 0 Å². The molecule has 1 aromatic rings. The van der Waals surface area contributed by atoms with Crippen LogP contribution in [0.3, 0.4) is 0 Å². The van der Waals surface area contributed by atoms with Crippen molar-refractivity contribution in [3.05, 3.63) is 30.2 Å². The molecule has 142 valence electrons. The van der Waals surface area contributed by atoms with Gasteiger partial charge in [-0.3, -0.25) is 9.78 Å². The smallest absolute Gasteiger partial charge is 0.222 e. The fraction of sp³-hybridized carbons (Fsp3) is 0.667. The predicted octanol–water partition coefficient (Wildman–Crippen LogP) is 3.82. The molecular formula is C21H32N4O. The molecule has 0 N–H and O–H groups in total. The fourth-order valence-corrected chi connectivity index (χ4v) is 4.24. The molecule has 1 atom stereocenters. The summed E-state index contributed by atoms with van der Waals surface area (Å²) in [5.74, 6) is 1.30. The summed E-state index contributed by atoms with van der Waals surface area (Å²) in [5.41, 5.74) is 1.63. The van der Waals surface area contributed by atoms with Crippen molar-refractivity contribution in [3.8, 4) is 0 Å². The third-order valence-electron chi connectivity index (χ3n) is 5.89. The standard InChI is InChI=1S/C21H32N4O/c1-17(2)5-4-9-21(3)10-6-20(26)25(16-21)18-7-13-24(14-8-18)19-15-22-11-12-23-19/h5,11-12,15,18H,4,6-10,13-14,16H2,1-3H3/t21-/m1/s1. The molecule has 5 heteroatoms. The molecule has 0 aromatic carbocycles. The Labute approximate surface area is 157 Å². The zero-order valence-corrected chi connectivity index (χ0v) is 16.4. The zero-order valence-electron chi connectivity index (χ0n) is 16.4. The Bertz CT molecular complexity index is 633. The number of allylic oxidation sites excluding steroid dienone is 2. The topological polar surface area (TPSA) is 49.3 Å². The molecule has 2 saturated heterocycles. The molecule has 5 nitrogen and oxygen atoms in total. The second-order valence-electron chi connectivity index (χ2n) is 8.43. The maximum absolute atomic E-state index is 12.6. The van der Waals surface area contributed by atoms with E-state index in [1.807, 2.05) is 6.20 Å². The van der Waals surface area contributed by atoms with Crippen molar-refractivity contribution in [1.29, 1.82) is 0 Å².